The minimum Gasteiger partial charge on any atom is -0.381 e. The SMILES string of the molecule is CC1COCCC1C(=O)Nc1nn(C)cc1S(N)(=O)=O. The molecule has 1 aromatic heterocycles. The summed E-state index contributed by atoms with van der Waals surface area (Å²) >= 11 is 0. The van der Waals surface area contributed by atoms with Crippen LogP contribution in [0.25, 0.3) is 0 Å². The number of nitrogens with one attached hydrogen (secondary N) is 1. The Bertz CT molecular complexity index is 610. The standard InChI is InChI=1S/C11H18N4O4S/c1-7-6-19-4-3-8(7)11(16)13-10-9(20(12,17)18)5-15(2)14-10/h5,7-8H,3-4,6H2,1-2H3,(H2,12,17,18)(H,13,14,16). The number of nitrogens with two attached hydrogens (primary N) is 1. The van der Waals surface area contributed by atoms with Crippen molar-refractivity contribution in [2.24, 2.45) is 24.0 Å². The summed E-state index contributed by atoms with van der Waals surface area (Å²) in [7, 11) is -2.37. The molecule has 1 aliphatic heterocycles. The number of hydrogen-bond donors (Lipinski definition) is 2. The van der Waals surface area contributed by atoms with Crippen molar-refractivity contribution < 1.29 is 17.9 Å². The molecule has 112 valence electrons. The molecule has 1 saturated heterocycles. The molecular formula is C11H18N4O4S. The van der Waals surface area contributed by atoms with Crippen molar-refractivity contribution in [3.63, 3.8) is 0 Å². The van der Waals surface area contributed by atoms with E-state index < -0.39 is 10.0 Å². The third-order valence-electron chi connectivity index (χ3n) is 3.32. The molecule has 0 aliphatic carbocycles. The molecule has 9 heteroatoms. The van der Waals surface area contributed by atoms with Crippen LogP contribution in [0.15, 0.2) is 11.1 Å². The molecule has 0 aromatic carbocycles. The minimum absolute atomic E-state index is 0.0290. The van der Waals surface area contributed by atoms with Crippen molar-refractivity contribution in [3.05, 3.63) is 6.20 Å². The maximum Gasteiger partial charge on any atom is 0.243 e. The van der Waals surface area contributed by atoms with Gasteiger partial charge in [-0.15, -0.1) is 0 Å². The highest BCUT2D eigenvalue weighted by atomic mass is 32.2. The van der Waals surface area contributed by atoms with E-state index in [9.17, 15) is 13.2 Å². The molecule has 0 bridgehead atoms. The van der Waals surface area contributed by atoms with Gasteiger partial charge in [0.15, 0.2) is 5.82 Å². The van der Waals surface area contributed by atoms with Gasteiger partial charge in [-0.3, -0.25) is 9.48 Å². The monoisotopic (exact) mass is 302 g/mol. The molecule has 2 heterocycles. The van der Waals surface area contributed by atoms with E-state index in [4.69, 9.17) is 9.88 Å². The van der Waals surface area contributed by atoms with E-state index in [1.807, 2.05) is 6.92 Å². The molecule has 20 heavy (non-hydrogen) atoms. The lowest BCUT2D eigenvalue weighted by atomic mass is 9.89. The summed E-state index contributed by atoms with van der Waals surface area (Å²) in [4.78, 5) is 12.0. The van der Waals surface area contributed by atoms with E-state index in [0.717, 1.165) is 0 Å². The molecule has 3 N–H and O–H groups in total. The van der Waals surface area contributed by atoms with E-state index in [1.165, 1.54) is 10.9 Å². The number of rotatable bonds is 3. The first-order valence-electron chi connectivity index (χ1n) is 6.24. The van der Waals surface area contributed by atoms with Crippen molar-refractivity contribution >= 4 is 21.7 Å². The molecule has 2 rings (SSSR count). The summed E-state index contributed by atoms with van der Waals surface area (Å²) in [5.41, 5.74) is 0. The summed E-state index contributed by atoms with van der Waals surface area (Å²) in [5, 5.41) is 11.6. The number of nitrogens with zero attached hydrogens (tertiary/aromatic N) is 2. The molecule has 0 spiro atoms. The van der Waals surface area contributed by atoms with Crippen LogP contribution >= 0.6 is 0 Å². The van der Waals surface area contributed by atoms with Crippen molar-refractivity contribution in [2.75, 3.05) is 18.5 Å². The van der Waals surface area contributed by atoms with Gasteiger partial charge in [0.25, 0.3) is 0 Å². The Morgan fingerprint density at radius 3 is 2.90 bits per heavy atom. The fourth-order valence-electron chi connectivity index (χ4n) is 2.24. The average Bonchev–Trinajstić information content (AvgIpc) is 2.70. The Kier molecular flexibility index (Phi) is 4.11. The predicted octanol–water partition coefficient (Wildman–Crippen LogP) is -0.321. The van der Waals surface area contributed by atoms with Crippen molar-refractivity contribution in [3.8, 4) is 0 Å². The second-order valence-corrected chi connectivity index (χ2v) is 6.53. The summed E-state index contributed by atoms with van der Waals surface area (Å²) in [6.45, 7) is 2.96. The zero-order valence-corrected chi connectivity index (χ0v) is 12.2. The van der Waals surface area contributed by atoms with Crippen LogP contribution in [-0.2, 0) is 26.6 Å². The lowest BCUT2D eigenvalue weighted by Crippen LogP contribution is -2.35. The van der Waals surface area contributed by atoms with E-state index >= 15 is 0 Å². The second-order valence-electron chi connectivity index (χ2n) is 5.00. The number of carbonyl (C=O) groups excluding carboxylic acids is 1. The number of ether oxygens (including phenoxy) is 1. The smallest absolute Gasteiger partial charge is 0.243 e. The normalized spacial score (nSPS) is 23.6. The van der Waals surface area contributed by atoms with Crippen LogP contribution < -0.4 is 10.5 Å². The molecular weight excluding hydrogens is 284 g/mol. The van der Waals surface area contributed by atoms with Gasteiger partial charge in [0.1, 0.15) is 4.90 Å². The molecule has 2 atom stereocenters. The van der Waals surface area contributed by atoms with Gasteiger partial charge in [-0.2, -0.15) is 5.10 Å². The largest absolute Gasteiger partial charge is 0.381 e. The Labute approximate surface area is 117 Å². The van der Waals surface area contributed by atoms with E-state index in [0.29, 0.717) is 19.6 Å². The summed E-state index contributed by atoms with van der Waals surface area (Å²) in [6, 6.07) is 0. The van der Waals surface area contributed by atoms with Crippen molar-refractivity contribution in [1.82, 2.24) is 9.78 Å². The highest BCUT2D eigenvalue weighted by Crippen LogP contribution is 2.24. The maximum atomic E-state index is 12.2. The van der Waals surface area contributed by atoms with E-state index in [1.54, 1.807) is 7.05 Å². The van der Waals surface area contributed by atoms with Gasteiger partial charge in [0.05, 0.1) is 0 Å². The van der Waals surface area contributed by atoms with Crippen LogP contribution in [0.2, 0.25) is 0 Å². The average molecular weight is 302 g/mol. The van der Waals surface area contributed by atoms with Crippen LogP contribution in [0.1, 0.15) is 13.3 Å². The van der Waals surface area contributed by atoms with E-state index in [2.05, 4.69) is 10.4 Å². The molecule has 1 aliphatic rings. The number of aryl methyl sites for hydroxylation is 1. The van der Waals surface area contributed by atoms with Crippen LogP contribution in [-0.4, -0.2) is 37.3 Å². The number of carbonyl (C=O) groups is 1. The van der Waals surface area contributed by atoms with Gasteiger partial charge in [0, 0.05) is 32.4 Å². The van der Waals surface area contributed by atoms with Crippen LogP contribution in [0.3, 0.4) is 0 Å². The number of primary sulfonamides is 1. The number of hydrogen-bond acceptors (Lipinski definition) is 5. The van der Waals surface area contributed by atoms with Gasteiger partial charge in [-0.25, -0.2) is 13.6 Å². The number of anilines is 1. The molecule has 1 amide bonds. The Hall–Kier alpha value is -1.45. The minimum atomic E-state index is -3.93. The Morgan fingerprint density at radius 1 is 1.60 bits per heavy atom. The number of amides is 1. The molecule has 0 saturated carbocycles. The highest BCUT2D eigenvalue weighted by Gasteiger charge is 2.30. The maximum absolute atomic E-state index is 12.2. The number of aromatic nitrogens is 2. The van der Waals surface area contributed by atoms with Gasteiger partial charge in [0.2, 0.25) is 15.9 Å². The molecule has 2 unspecified atom stereocenters. The lowest BCUT2D eigenvalue weighted by Gasteiger charge is -2.27. The first kappa shape index (κ1) is 14.9. The fraction of sp³-hybridized carbons (Fsp3) is 0.636. The first-order valence-corrected chi connectivity index (χ1v) is 7.78. The second kappa shape index (κ2) is 5.51. The summed E-state index contributed by atoms with van der Waals surface area (Å²) in [6.07, 6.45) is 1.86. The third kappa shape index (κ3) is 3.17. The quantitative estimate of drug-likeness (QED) is 0.793. The van der Waals surface area contributed by atoms with Gasteiger partial charge in [-0.05, 0) is 12.3 Å². The van der Waals surface area contributed by atoms with Crippen LogP contribution in [0, 0.1) is 11.8 Å². The molecule has 1 fully saturated rings. The lowest BCUT2D eigenvalue weighted by molar-refractivity contribution is -0.125. The highest BCUT2D eigenvalue weighted by molar-refractivity contribution is 7.89. The summed E-state index contributed by atoms with van der Waals surface area (Å²) in [5.74, 6) is -0.437. The molecule has 8 nitrogen and oxygen atoms in total. The molecule has 1 aromatic rings. The van der Waals surface area contributed by atoms with Gasteiger partial charge < -0.3 is 10.1 Å². The first-order chi connectivity index (χ1) is 9.29. The summed E-state index contributed by atoms with van der Waals surface area (Å²) < 4.78 is 29.5. The van der Waals surface area contributed by atoms with Crippen LogP contribution in [0.5, 0.6) is 0 Å². The third-order valence-corrected chi connectivity index (χ3v) is 4.23. The molecule has 0 radical (unpaired) electrons. The van der Waals surface area contributed by atoms with Gasteiger partial charge >= 0.3 is 0 Å². The topological polar surface area (TPSA) is 116 Å². The van der Waals surface area contributed by atoms with Crippen molar-refractivity contribution in [1.29, 1.82) is 0 Å². The zero-order chi connectivity index (χ0) is 14.9. The Morgan fingerprint density at radius 2 is 2.30 bits per heavy atom. The Balaban J connectivity index is 2.20. The number of sulfonamides is 1. The predicted molar refractivity (Wildman–Crippen MR) is 71.3 cm³/mol. The van der Waals surface area contributed by atoms with E-state index in [-0.39, 0.29) is 28.5 Å². The fourth-order valence-corrected chi connectivity index (χ4v) is 2.90. The zero-order valence-electron chi connectivity index (χ0n) is 11.4. The van der Waals surface area contributed by atoms with Gasteiger partial charge in [-0.1, -0.05) is 6.92 Å². The van der Waals surface area contributed by atoms with Crippen LogP contribution in [0.4, 0.5) is 5.82 Å². The van der Waals surface area contributed by atoms with Crippen molar-refractivity contribution in [2.45, 2.75) is 18.2 Å².